The molecule has 0 aromatic heterocycles. The Morgan fingerprint density at radius 1 is 1.05 bits per heavy atom. The van der Waals surface area contributed by atoms with Gasteiger partial charge in [0.15, 0.2) is 9.84 Å². The van der Waals surface area contributed by atoms with Crippen molar-refractivity contribution in [3.05, 3.63) is 111 Å². The normalized spacial score (nSPS) is 21.5. The number of ether oxygens (including phenoxy) is 1. The van der Waals surface area contributed by atoms with E-state index in [0.717, 1.165) is 39.1 Å². The molecule has 2 heterocycles. The number of nitrogens with one attached hydrogen (secondary N) is 1. The van der Waals surface area contributed by atoms with Crippen molar-refractivity contribution >= 4 is 37.7 Å². The van der Waals surface area contributed by atoms with Crippen LogP contribution in [-0.4, -0.2) is 43.6 Å². The summed E-state index contributed by atoms with van der Waals surface area (Å²) < 4.78 is 68.5. The lowest BCUT2D eigenvalue weighted by molar-refractivity contribution is -0.274. The smallest absolute Gasteiger partial charge is 0.507 e. The van der Waals surface area contributed by atoms with Crippen LogP contribution in [0.25, 0.3) is 0 Å². The van der Waals surface area contributed by atoms with Gasteiger partial charge in [-0.15, -0.1) is 13.2 Å². The first-order valence-electron chi connectivity index (χ1n) is 13.8. The summed E-state index contributed by atoms with van der Waals surface area (Å²) in [5.41, 5.74) is 4.92. The fourth-order valence-corrected chi connectivity index (χ4v) is 7.75. The average molecular weight is 687 g/mol. The van der Waals surface area contributed by atoms with Crippen LogP contribution in [0.1, 0.15) is 29.5 Å². The number of aromatic hydroxyl groups is 1. The summed E-state index contributed by atoms with van der Waals surface area (Å²) in [6.07, 6.45) is -1.16. The maximum Gasteiger partial charge on any atom is 0.573 e. The highest BCUT2D eigenvalue weighted by Gasteiger charge is 2.57. The predicted molar refractivity (Wildman–Crippen MR) is 165 cm³/mol. The molecule has 0 radical (unpaired) electrons. The molecule has 0 amide bonds. The molecular formula is C32H27BrF3N3O4S. The molecule has 2 aliphatic heterocycles. The summed E-state index contributed by atoms with van der Waals surface area (Å²) >= 11 is 3.59. The molecule has 3 aromatic carbocycles. The van der Waals surface area contributed by atoms with Gasteiger partial charge in [0.05, 0.1) is 32.6 Å². The second-order valence-corrected chi connectivity index (χ2v) is 13.9. The first-order valence-corrected chi connectivity index (χ1v) is 16.3. The summed E-state index contributed by atoms with van der Waals surface area (Å²) in [7, 11) is -3.88. The number of hydrogen-bond acceptors (Lipinski definition) is 7. The van der Waals surface area contributed by atoms with Gasteiger partial charge in [-0.3, -0.25) is 9.98 Å². The van der Waals surface area contributed by atoms with E-state index in [-0.39, 0.29) is 34.3 Å². The van der Waals surface area contributed by atoms with Gasteiger partial charge in [-0.2, -0.15) is 0 Å². The van der Waals surface area contributed by atoms with Gasteiger partial charge in [-0.1, -0.05) is 49.4 Å². The van der Waals surface area contributed by atoms with Gasteiger partial charge in [0, 0.05) is 35.9 Å². The number of alkyl halides is 3. The molecule has 6 rings (SSSR count). The van der Waals surface area contributed by atoms with Gasteiger partial charge in [0.25, 0.3) is 0 Å². The zero-order chi connectivity index (χ0) is 31.2. The third-order valence-corrected chi connectivity index (χ3v) is 10.4. The maximum atomic E-state index is 13.0. The van der Waals surface area contributed by atoms with Crippen LogP contribution in [0.3, 0.4) is 0 Å². The lowest BCUT2D eigenvalue weighted by Crippen LogP contribution is -2.18. The van der Waals surface area contributed by atoms with Crippen LogP contribution < -0.4 is 10.1 Å². The number of phenolic OH excluding ortho intramolecular Hbond substituents is 1. The topological polar surface area (TPSA) is 100 Å². The molecule has 1 saturated carbocycles. The predicted octanol–water partition coefficient (Wildman–Crippen LogP) is 6.65. The van der Waals surface area contributed by atoms with Crippen molar-refractivity contribution in [3.63, 3.8) is 0 Å². The third-order valence-electron chi connectivity index (χ3n) is 7.89. The third kappa shape index (κ3) is 6.32. The number of rotatable bonds is 9. The number of nitrogens with zero attached hydrogens (tertiary/aromatic N) is 2. The van der Waals surface area contributed by atoms with Crippen molar-refractivity contribution in [1.29, 1.82) is 0 Å². The number of aliphatic imine (C=N–C) groups is 2. The summed E-state index contributed by atoms with van der Waals surface area (Å²) in [4.78, 5) is 9.34. The average Bonchev–Trinajstić information content (AvgIpc) is 3.72. The number of benzene rings is 3. The minimum Gasteiger partial charge on any atom is -0.507 e. The number of hydrogen-bond donors (Lipinski definition) is 2. The highest BCUT2D eigenvalue weighted by molar-refractivity contribution is 9.12. The van der Waals surface area contributed by atoms with E-state index in [1.807, 2.05) is 42.5 Å². The highest BCUT2D eigenvalue weighted by Crippen LogP contribution is 2.55. The van der Waals surface area contributed by atoms with Gasteiger partial charge in [-0.25, -0.2) is 8.42 Å². The van der Waals surface area contributed by atoms with E-state index in [1.54, 1.807) is 25.3 Å². The van der Waals surface area contributed by atoms with Crippen molar-refractivity contribution in [3.8, 4) is 11.5 Å². The van der Waals surface area contributed by atoms with Crippen molar-refractivity contribution in [2.75, 3.05) is 5.75 Å². The number of allylic oxidation sites excluding steroid dienone is 2. The van der Waals surface area contributed by atoms with Crippen molar-refractivity contribution in [1.82, 2.24) is 5.32 Å². The Morgan fingerprint density at radius 2 is 1.80 bits per heavy atom. The van der Waals surface area contributed by atoms with Gasteiger partial charge in [0.1, 0.15) is 11.5 Å². The number of dihydropyridines is 1. The van der Waals surface area contributed by atoms with Gasteiger partial charge in [0.2, 0.25) is 0 Å². The number of para-hydroxylation sites is 1. The summed E-state index contributed by atoms with van der Waals surface area (Å²) in [6.45, 7) is 2.26. The molecule has 12 heteroatoms. The maximum absolute atomic E-state index is 13.0. The van der Waals surface area contributed by atoms with E-state index in [1.165, 1.54) is 12.1 Å². The van der Waals surface area contributed by atoms with Crippen molar-refractivity contribution in [2.24, 2.45) is 21.8 Å². The van der Waals surface area contributed by atoms with Gasteiger partial charge >= 0.3 is 6.36 Å². The SMILES string of the molecule is C[C@H](CS(=O)(=O)c1cccc(OC(F)(F)F)c1)c1ccc(CNC2=CC(c3ccccc3O)=NC3=C(Br)C=NC4C2[C@@H]34)cc1. The molecule has 228 valence electrons. The second-order valence-electron chi connectivity index (χ2n) is 11.0. The molecule has 7 nitrogen and oxygen atoms in total. The Morgan fingerprint density at radius 3 is 2.52 bits per heavy atom. The lowest BCUT2D eigenvalue weighted by Gasteiger charge is -2.15. The monoisotopic (exact) mass is 685 g/mol. The van der Waals surface area contributed by atoms with Crippen molar-refractivity contribution < 1.29 is 31.4 Å². The van der Waals surface area contributed by atoms with Crippen LogP contribution in [0.2, 0.25) is 0 Å². The molecule has 3 aromatic rings. The van der Waals surface area contributed by atoms with Gasteiger partial charge in [-0.05, 0) is 69.4 Å². The zero-order valence-corrected chi connectivity index (χ0v) is 25.7. The lowest BCUT2D eigenvalue weighted by atomic mass is 10.0. The second kappa shape index (κ2) is 11.6. The summed E-state index contributed by atoms with van der Waals surface area (Å²) in [5, 5.41) is 14.1. The molecule has 4 atom stereocenters. The van der Waals surface area contributed by atoms with E-state index in [0.29, 0.717) is 17.8 Å². The quantitative estimate of drug-likeness (QED) is 0.263. The zero-order valence-electron chi connectivity index (χ0n) is 23.3. The molecule has 1 aliphatic carbocycles. The fraction of sp³-hybridized carbons (Fsp3) is 0.250. The van der Waals surface area contributed by atoms with Crippen LogP contribution in [0.5, 0.6) is 11.5 Å². The molecule has 2 N–H and O–H groups in total. The van der Waals surface area contributed by atoms with Crippen LogP contribution in [-0.2, 0) is 16.4 Å². The Bertz CT molecular complexity index is 1840. The van der Waals surface area contributed by atoms with E-state index in [9.17, 15) is 26.7 Å². The Labute approximate surface area is 260 Å². The Kier molecular flexibility index (Phi) is 7.91. The Balaban J connectivity index is 1.15. The number of sulfone groups is 1. The number of halogens is 4. The van der Waals surface area contributed by atoms with Crippen LogP contribution in [0.4, 0.5) is 13.2 Å². The van der Waals surface area contributed by atoms with Crippen LogP contribution >= 0.6 is 15.9 Å². The first-order chi connectivity index (χ1) is 20.9. The standard InChI is InChI=1S/C32H27BrF3N3O4S/c1-18(17-44(41,42)22-6-4-5-21(13-22)43-32(34,35)36)20-11-9-19(10-12-20)15-37-26-14-25(23-7-2-3-8-27(23)40)39-30-24(33)16-38-31-28(26)29(30)31/h2-14,16,18,28-29,31,37,40H,15,17H2,1H3/t18-,28?,29+,31?/m1/s1. The molecule has 0 bridgehead atoms. The summed E-state index contributed by atoms with van der Waals surface area (Å²) in [6, 6.07) is 19.2. The van der Waals surface area contributed by atoms with E-state index >= 15 is 0 Å². The minimum atomic E-state index is -4.91. The van der Waals surface area contributed by atoms with Crippen LogP contribution in [0, 0.1) is 11.8 Å². The molecule has 3 aliphatic rings. The van der Waals surface area contributed by atoms with E-state index in [4.69, 9.17) is 4.99 Å². The van der Waals surface area contributed by atoms with Crippen molar-refractivity contribution in [2.45, 2.75) is 36.7 Å². The fourth-order valence-electron chi connectivity index (χ4n) is 5.65. The van der Waals surface area contributed by atoms with E-state index < -0.39 is 27.9 Å². The molecule has 1 fully saturated rings. The van der Waals surface area contributed by atoms with Gasteiger partial charge < -0.3 is 15.2 Å². The largest absolute Gasteiger partial charge is 0.573 e. The summed E-state index contributed by atoms with van der Waals surface area (Å²) in [5.74, 6) is -0.854. The number of phenols is 1. The highest BCUT2D eigenvalue weighted by atomic mass is 79.9. The number of fused-ring (bicyclic) bond motifs is 1. The molecule has 44 heavy (non-hydrogen) atoms. The molecular weight excluding hydrogens is 659 g/mol. The molecule has 2 unspecified atom stereocenters. The molecule has 0 spiro atoms. The van der Waals surface area contributed by atoms with E-state index in [2.05, 4.69) is 31.0 Å². The Hall–Kier alpha value is -3.90. The van der Waals surface area contributed by atoms with Crippen LogP contribution in [0.15, 0.2) is 110 Å². The minimum absolute atomic E-state index is 0.102. The molecule has 0 saturated heterocycles. The first kappa shape index (κ1) is 30.1.